The van der Waals surface area contributed by atoms with Crippen LogP contribution < -0.4 is 5.73 Å². The second-order valence-corrected chi connectivity index (χ2v) is 6.06. The molecule has 0 saturated carbocycles. The number of hydrogen-bond donors (Lipinski definition) is 2. The summed E-state index contributed by atoms with van der Waals surface area (Å²) >= 11 is 0. The molecule has 2 rings (SSSR count). The summed E-state index contributed by atoms with van der Waals surface area (Å²) in [7, 11) is 0. The third kappa shape index (κ3) is 4.55. The Bertz CT molecular complexity index is 468. The van der Waals surface area contributed by atoms with Crippen LogP contribution in [0.3, 0.4) is 0 Å². The predicted octanol–water partition coefficient (Wildman–Crippen LogP) is 1.49. The molecule has 3 N–H and O–H groups in total. The van der Waals surface area contributed by atoms with E-state index in [1.54, 1.807) is 0 Å². The maximum absolute atomic E-state index is 11.0. The number of aryl methyl sites for hydroxylation is 2. The van der Waals surface area contributed by atoms with Crippen molar-refractivity contribution in [2.24, 2.45) is 11.7 Å². The standard InChI is InChI=1S/C17H26N2O2/c1-13-5-2-3-6-14(13)7-4-10-19-11-8-15(9-12-19)16(20)17(18)21/h2-3,5-6,15-16,20H,4,7-12H2,1H3,(H2,18,21). The quantitative estimate of drug-likeness (QED) is 0.834. The van der Waals surface area contributed by atoms with Crippen molar-refractivity contribution in [1.29, 1.82) is 0 Å². The number of primary amides is 1. The lowest BCUT2D eigenvalue weighted by atomic mass is 9.90. The van der Waals surface area contributed by atoms with Gasteiger partial charge in [0.25, 0.3) is 0 Å². The van der Waals surface area contributed by atoms with Gasteiger partial charge in [-0.15, -0.1) is 0 Å². The van der Waals surface area contributed by atoms with E-state index in [2.05, 4.69) is 36.1 Å². The fourth-order valence-electron chi connectivity index (χ4n) is 3.11. The van der Waals surface area contributed by atoms with Crippen LogP contribution in [0.15, 0.2) is 24.3 Å². The van der Waals surface area contributed by atoms with Gasteiger partial charge in [0.1, 0.15) is 6.10 Å². The molecule has 21 heavy (non-hydrogen) atoms. The summed E-state index contributed by atoms with van der Waals surface area (Å²) in [6, 6.07) is 8.53. The van der Waals surface area contributed by atoms with Gasteiger partial charge in [-0.05, 0) is 69.3 Å². The van der Waals surface area contributed by atoms with Crippen LogP contribution >= 0.6 is 0 Å². The van der Waals surface area contributed by atoms with Crippen molar-refractivity contribution in [3.05, 3.63) is 35.4 Å². The Balaban J connectivity index is 1.70. The van der Waals surface area contributed by atoms with E-state index in [1.165, 1.54) is 11.1 Å². The molecular formula is C17H26N2O2. The minimum atomic E-state index is -0.973. The van der Waals surface area contributed by atoms with Crippen molar-refractivity contribution < 1.29 is 9.90 Å². The molecule has 0 spiro atoms. The number of piperidine rings is 1. The summed E-state index contributed by atoms with van der Waals surface area (Å²) in [5, 5.41) is 9.70. The van der Waals surface area contributed by atoms with Gasteiger partial charge in [-0.3, -0.25) is 4.79 Å². The Labute approximate surface area is 126 Å². The van der Waals surface area contributed by atoms with Crippen LogP contribution in [0.4, 0.5) is 0 Å². The second kappa shape index (κ2) is 7.57. The van der Waals surface area contributed by atoms with Crippen LogP contribution in [0.5, 0.6) is 0 Å². The maximum Gasteiger partial charge on any atom is 0.246 e. The molecule has 0 aliphatic carbocycles. The minimum absolute atomic E-state index is 0.0371. The number of amides is 1. The van der Waals surface area contributed by atoms with E-state index in [9.17, 15) is 9.90 Å². The van der Waals surface area contributed by atoms with E-state index in [0.29, 0.717) is 0 Å². The average molecular weight is 290 g/mol. The topological polar surface area (TPSA) is 66.6 Å². The van der Waals surface area contributed by atoms with Crippen molar-refractivity contribution in [3.8, 4) is 0 Å². The lowest BCUT2D eigenvalue weighted by Gasteiger charge is -2.33. The maximum atomic E-state index is 11.0. The average Bonchev–Trinajstić information content (AvgIpc) is 2.49. The van der Waals surface area contributed by atoms with Crippen LogP contribution in [0, 0.1) is 12.8 Å². The van der Waals surface area contributed by atoms with Crippen molar-refractivity contribution in [2.75, 3.05) is 19.6 Å². The molecular weight excluding hydrogens is 264 g/mol. The summed E-state index contributed by atoms with van der Waals surface area (Å²) in [6.45, 7) is 5.13. The molecule has 4 heteroatoms. The molecule has 1 saturated heterocycles. The molecule has 1 aromatic carbocycles. The molecule has 1 unspecified atom stereocenters. The van der Waals surface area contributed by atoms with Crippen molar-refractivity contribution in [2.45, 2.75) is 38.7 Å². The number of hydrogen-bond acceptors (Lipinski definition) is 3. The van der Waals surface area contributed by atoms with Gasteiger partial charge < -0.3 is 15.7 Å². The van der Waals surface area contributed by atoms with E-state index in [-0.39, 0.29) is 5.92 Å². The van der Waals surface area contributed by atoms with Gasteiger partial charge in [0.15, 0.2) is 0 Å². The number of aliphatic hydroxyl groups is 1. The van der Waals surface area contributed by atoms with E-state index < -0.39 is 12.0 Å². The summed E-state index contributed by atoms with van der Waals surface area (Å²) in [5.41, 5.74) is 7.95. The van der Waals surface area contributed by atoms with Gasteiger partial charge >= 0.3 is 0 Å². The fraction of sp³-hybridized carbons (Fsp3) is 0.588. The second-order valence-electron chi connectivity index (χ2n) is 6.06. The lowest BCUT2D eigenvalue weighted by molar-refractivity contribution is -0.129. The highest BCUT2D eigenvalue weighted by Crippen LogP contribution is 2.21. The molecule has 116 valence electrons. The lowest BCUT2D eigenvalue weighted by Crippen LogP contribution is -2.43. The fourth-order valence-corrected chi connectivity index (χ4v) is 3.11. The normalized spacial score (nSPS) is 18.6. The molecule has 0 bridgehead atoms. The molecule has 1 aromatic rings. The first-order chi connectivity index (χ1) is 10.1. The van der Waals surface area contributed by atoms with E-state index in [4.69, 9.17) is 5.73 Å². The van der Waals surface area contributed by atoms with Gasteiger partial charge in [0, 0.05) is 0 Å². The van der Waals surface area contributed by atoms with Crippen molar-refractivity contribution in [3.63, 3.8) is 0 Å². The summed E-state index contributed by atoms with van der Waals surface area (Å²) in [4.78, 5) is 13.4. The summed E-state index contributed by atoms with van der Waals surface area (Å²) < 4.78 is 0. The Morgan fingerprint density at radius 1 is 1.38 bits per heavy atom. The first-order valence-corrected chi connectivity index (χ1v) is 7.82. The molecule has 4 nitrogen and oxygen atoms in total. The molecule has 1 atom stereocenters. The Morgan fingerprint density at radius 3 is 2.67 bits per heavy atom. The Morgan fingerprint density at radius 2 is 2.05 bits per heavy atom. The molecule has 1 aliphatic rings. The Kier molecular flexibility index (Phi) is 5.76. The predicted molar refractivity (Wildman–Crippen MR) is 83.9 cm³/mol. The van der Waals surface area contributed by atoms with Crippen LogP contribution in [0.1, 0.15) is 30.4 Å². The smallest absolute Gasteiger partial charge is 0.246 e. The first-order valence-electron chi connectivity index (χ1n) is 7.82. The third-order valence-corrected chi connectivity index (χ3v) is 4.55. The highest BCUT2D eigenvalue weighted by Gasteiger charge is 2.28. The monoisotopic (exact) mass is 290 g/mol. The van der Waals surface area contributed by atoms with Crippen molar-refractivity contribution >= 4 is 5.91 Å². The van der Waals surface area contributed by atoms with Gasteiger partial charge in [-0.1, -0.05) is 24.3 Å². The van der Waals surface area contributed by atoms with Crippen LogP contribution in [-0.2, 0) is 11.2 Å². The number of carbonyl (C=O) groups is 1. The molecule has 0 radical (unpaired) electrons. The number of aliphatic hydroxyl groups excluding tert-OH is 1. The van der Waals surface area contributed by atoms with Crippen LogP contribution in [0.25, 0.3) is 0 Å². The Hall–Kier alpha value is -1.39. The molecule has 1 aliphatic heterocycles. The van der Waals surface area contributed by atoms with Crippen LogP contribution in [-0.4, -0.2) is 41.7 Å². The number of likely N-dealkylation sites (tertiary alicyclic amines) is 1. The van der Waals surface area contributed by atoms with E-state index in [0.717, 1.165) is 45.3 Å². The van der Waals surface area contributed by atoms with E-state index in [1.807, 2.05) is 0 Å². The van der Waals surface area contributed by atoms with Gasteiger partial charge in [-0.2, -0.15) is 0 Å². The highest BCUT2D eigenvalue weighted by molar-refractivity contribution is 5.78. The first kappa shape index (κ1) is 16.0. The zero-order chi connectivity index (χ0) is 15.2. The van der Waals surface area contributed by atoms with Crippen molar-refractivity contribution in [1.82, 2.24) is 4.90 Å². The SMILES string of the molecule is Cc1ccccc1CCCN1CCC(C(O)C(N)=O)CC1. The van der Waals surface area contributed by atoms with E-state index >= 15 is 0 Å². The molecule has 1 amide bonds. The highest BCUT2D eigenvalue weighted by atomic mass is 16.3. The summed E-state index contributed by atoms with van der Waals surface area (Å²) in [6.07, 6.45) is 2.99. The number of carbonyl (C=O) groups excluding carboxylic acids is 1. The molecule has 1 heterocycles. The molecule has 1 fully saturated rings. The molecule has 0 aromatic heterocycles. The number of nitrogens with zero attached hydrogens (tertiary/aromatic N) is 1. The summed E-state index contributed by atoms with van der Waals surface area (Å²) in [5.74, 6) is -0.553. The third-order valence-electron chi connectivity index (χ3n) is 4.55. The van der Waals surface area contributed by atoms with Gasteiger partial charge in [-0.25, -0.2) is 0 Å². The largest absolute Gasteiger partial charge is 0.383 e. The van der Waals surface area contributed by atoms with Gasteiger partial charge in [0.2, 0.25) is 5.91 Å². The van der Waals surface area contributed by atoms with Gasteiger partial charge in [0.05, 0.1) is 0 Å². The number of nitrogens with two attached hydrogens (primary N) is 1. The number of rotatable bonds is 6. The minimum Gasteiger partial charge on any atom is -0.383 e. The zero-order valence-corrected chi connectivity index (χ0v) is 12.8. The number of benzene rings is 1. The zero-order valence-electron chi connectivity index (χ0n) is 12.8. The van der Waals surface area contributed by atoms with Crippen LogP contribution in [0.2, 0.25) is 0 Å².